The lowest BCUT2D eigenvalue weighted by molar-refractivity contribution is 0.0784. The molecule has 1 atom stereocenters. The van der Waals surface area contributed by atoms with Gasteiger partial charge in [-0.15, -0.1) is 0 Å². The Morgan fingerprint density at radius 3 is 2.05 bits per heavy atom. The van der Waals surface area contributed by atoms with Crippen molar-refractivity contribution in [2.24, 2.45) is 0 Å². The molecule has 2 N–H and O–H groups in total. The lowest BCUT2D eigenvalue weighted by Gasteiger charge is -2.19. The van der Waals surface area contributed by atoms with E-state index in [0.717, 1.165) is 16.7 Å². The predicted molar refractivity (Wildman–Crippen MR) is 76.8 cm³/mol. The molecule has 2 nitrogen and oxygen atoms in total. The van der Waals surface area contributed by atoms with Crippen molar-refractivity contribution < 1.29 is 10.2 Å². The Hall–Kier alpha value is -1.64. The Balaban J connectivity index is 2.10. The molecule has 0 bridgehead atoms. The molecule has 0 spiro atoms. The van der Waals surface area contributed by atoms with Gasteiger partial charge in [0.1, 0.15) is 0 Å². The van der Waals surface area contributed by atoms with Crippen LogP contribution in [0.1, 0.15) is 36.6 Å². The van der Waals surface area contributed by atoms with E-state index in [1.807, 2.05) is 54.6 Å². The molecule has 2 aromatic carbocycles. The monoisotopic (exact) mass is 256 g/mol. The second-order valence-corrected chi connectivity index (χ2v) is 5.39. The van der Waals surface area contributed by atoms with Gasteiger partial charge in [-0.25, -0.2) is 0 Å². The highest BCUT2D eigenvalue weighted by Gasteiger charge is 2.16. The molecule has 0 aliphatic heterocycles. The number of hydrogen-bond acceptors (Lipinski definition) is 2. The van der Waals surface area contributed by atoms with Crippen LogP contribution in [0.4, 0.5) is 0 Å². The van der Waals surface area contributed by atoms with Crippen molar-refractivity contribution in [3.05, 3.63) is 71.3 Å². The molecule has 2 heteroatoms. The molecule has 0 fully saturated rings. The van der Waals surface area contributed by atoms with Crippen molar-refractivity contribution in [1.82, 2.24) is 0 Å². The van der Waals surface area contributed by atoms with Gasteiger partial charge in [-0.1, -0.05) is 54.6 Å². The zero-order valence-corrected chi connectivity index (χ0v) is 11.4. The summed E-state index contributed by atoms with van der Waals surface area (Å²) in [6.45, 7) is 3.50. The minimum atomic E-state index is -0.844. The summed E-state index contributed by atoms with van der Waals surface area (Å²) in [6.07, 6.45) is 0.0844. The van der Waals surface area contributed by atoms with Crippen LogP contribution in [-0.2, 0) is 12.0 Å². The van der Waals surface area contributed by atoms with Gasteiger partial charge in [0.05, 0.1) is 11.7 Å². The highest BCUT2D eigenvalue weighted by Crippen LogP contribution is 2.23. The van der Waals surface area contributed by atoms with E-state index in [2.05, 4.69) is 0 Å². The molecule has 100 valence electrons. The average molecular weight is 256 g/mol. The van der Waals surface area contributed by atoms with Gasteiger partial charge in [-0.2, -0.15) is 0 Å². The van der Waals surface area contributed by atoms with Gasteiger partial charge in [0.25, 0.3) is 0 Å². The van der Waals surface area contributed by atoms with Gasteiger partial charge in [0.2, 0.25) is 0 Å². The van der Waals surface area contributed by atoms with Crippen molar-refractivity contribution in [2.45, 2.75) is 32.0 Å². The predicted octanol–water partition coefficient (Wildman–Crippen LogP) is 3.19. The molecule has 0 amide bonds. The number of rotatable bonds is 4. The van der Waals surface area contributed by atoms with Crippen LogP contribution in [-0.4, -0.2) is 10.2 Å². The maximum absolute atomic E-state index is 10.2. The third-order valence-electron chi connectivity index (χ3n) is 3.27. The van der Waals surface area contributed by atoms with Crippen LogP contribution in [0.3, 0.4) is 0 Å². The lowest BCUT2D eigenvalue weighted by Crippen LogP contribution is -2.15. The van der Waals surface area contributed by atoms with E-state index in [-0.39, 0.29) is 0 Å². The standard InChI is InChI=1S/C17H20O2/c1-17(2,19)15-10-8-14(9-11-15)16(18)12-13-6-4-3-5-7-13/h3-11,16,18-19H,12H2,1-2H3. The van der Waals surface area contributed by atoms with Crippen LogP contribution < -0.4 is 0 Å². The Morgan fingerprint density at radius 2 is 1.53 bits per heavy atom. The summed E-state index contributed by atoms with van der Waals surface area (Å²) in [7, 11) is 0. The van der Waals surface area contributed by atoms with Crippen molar-refractivity contribution in [3.63, 3.8) is 0 Å². The van der Waals surface area contributed by atoms with Crippen molar-refractivity contribution in [2.75, 3.05) is 0 Å². The number of hydrogen-bond donors (Lipinski definition) is 2. The maximum Gasteiger partial charge on any atom is 0.0840 e. The third-order valence-corrected chi connectivity index (χ3v) is 3.27. The zero-order chi connectivity index (χ0) is 13.9. The second-order valence-electron chi connectivity index (χ2n) is 5.39. The van der Waals surface area contributed by atoms with E-state index < -0.39 is 11.7 Å². The Kier molecular flexibility index (Phi) is 4.03. The molecule has 1 unspecified atom stereocenters. The van der Waals surface area contributed by atoms with Gasteiger partial charge in [0.15, 0.2) is 0 Å². The Morgan fingerprint density at radius 1 is 0.947 bits per heavy atom. The maximum atomic E-state index is 10.2. The summed E-state index contributed by atoms with van der Waals surface area (Å²) in [6, 6.07) is 17.4. The fraction of sp³-hybridized carbons (Fsp3) is 0.294. The van der Waals surface area contributed by atoms with E-state index in [4.69, 9.17) is 0 Å². The van der Waals surface area contributed by atoms with Gasteiger partial charge in [0, 0.05) is 6.42 Å². The fourth-order valence-corrected chi connectivity index (χ4v) is 2.07. The van der Waals surface area contributed by atoms with Crippen molar-refractivity contribution in [1.29, 1.82) is 0 Å². The molecule has 2 rings (SSSR count). The summed E-state index contributed by atoms with van der Waals surface area (Å²) in [4.78, 5) is 0. The van der Waals surface area contributed by atoms with Crippen molar-refractivity contribution in [3.8, 4) is 0 Å². The topological polar surface area (TPSA) is 40.5 Å². The van der Waals surface area contributed by atoms with Crippen LogP contribution in [0.15, 0.2) is 54.6 Å². The summed E-state index contributed by atoms with van der Waals surface area (Å²) in [5.74, 6) is 0. The van der Waals surface area contributed by atoms with Gasteiger partial charge >= 0.3 is 0 Å². The number of benzene rings is 2. The molecule has 0 aromatic heterocycles. The normalized spacial score (nSPS) is 13.3. The third kappa shape index (κ3) is 3.66. The van der Waals surface area contributed by atoms with Crippen molar-refractivity contribution >= 4 is 0 Å². The first-order chi connectivity index (χ1) is 8.97. The quantitative estimate of drug-likeness (QED) is 0.882. The molecule has 2 aromatic rings. The lowest BCUT2D eigenvalue weighted by atomic mass is 9.95. The molecule has 0 heterocycles. The molecule has 0 saturated carbocycles. The summed E-state index contributed by atoms with van der Waals surface area (Å²) in [5, 5.41) is 20.1. The molecular weight excluding hydrogens is 236 g/mol. The minimum absolute atomic E-state index is 0.516. The van der Waals surface area contributed by atoms with Crippen LogP contribution >= 0.6 is 0 Å². The first kappa shape index (κ1) is 13.8. The van der Waals surface area contributed by atoms with E-state index in [9.17, 15) is 10.2 Å². The minimum Gasteiger partial charge on any atom is -0.388 e. The SMILES string of the molecule is CC(C)(O)c1ccc(C(O)Cc2ccccc2)cc1. The smallest absolute Gasteiger partial charge is 0.0840 e. The second kappa shape index (κ2) is 5.55. The highest BCUT2D eigenvalue weighted by atomic mass is 16.3. The van der Waals surface area contributed by atoms with E-state index >= 15 is 0 Å². The molecule has 19 heavy (non-hydrogen) atoms. The van der Waals surface area contributed by atoms with Crippen LogP contribution in [0, 0.1) is 0 Å². The molecule has 0 aliphatic carbocycles. The molecule has 0 radical (unpaired) electrons. The zero-order valence-electron chi connectivity index (χ0n) is 11.4. The van der Waals surface area contributed by atoms with Gasteiger partial charge in [-0.3, -0.25) is 0 Å². The van der Waals surface area contributed by atoms with E-state index in [1.54, 1.807) is 13.8 Å². The molecule has 0 aliphatic rings. The summed E-state index contributed by atoms with van der Waals surface area (Å²) >= 11 is 0. The van der Waals surface area contributed by atoms with Gasteiger partial charge < -0.3 is 10.2 Å². The fourth-order valence-electron chi connectivity index (χ4n) is 2.07. The van der Waals surface area contributed by atoms with Crippen LogP contribution in [0.2, 0.25) is 0 Å². The largest absolute Gasteiger partial charge is 0.388 e. The molecule has 0 saturated heterocycles. The number of aliphatic hydroxyl groups is 2. The van der Waals surface area contributed by atoms with E-state index in [0.29, 0.717) is 6.42 Å². The van der Waals surface area contributed by atoms with E-state index in [1.165, 1.54) is 0 Å². The summed E-state index contributed by atoms with van der Waals surface area (Å²) < 4.78 is 0. The average Bonchev–Trinajstić information content (AvgIpc) is 2.39. The Labute approximate surface area is 114 Å². The van der Waals surface area contributed by atoms with Crippen LogP contribution in [0.25, 0.3) is 0 Å². The number of aliphatic hydroxyl groups excluding tert-OH is 1. The first-order valence-corrected chi connectivity index (χ1v) is 6.51. The highest BCUT2D eigenvalue weighted by molar-refractivity contribution is 5.28. The Bertz CT molecular complexity index is 509. The summed E-state index contributed by atoms with van der Waals surface area (Å²) in [5.41, 5.74) is 1.99. The first-order valence-electron chi connectivity index (χ1n) is 6.51. The van der Waals surface area contributed by atoms with Crippen LogP contribution in [0.5, 0.6) is 0 Å². The van der Waals surface area contributed by atoms with Gasteiger partial charge in [-0.05, 0) is 30.5 Å². The molecular formula is C17H20O2.